The molecule has 1 aliphatic rings. The number of nitrogens with zero attached hydrogens (tertiary/aromatic N) is 4. The maximum Gasteiger partial charge on any atom is 0.187 e. The molecule has 6 heteroatoms. The molecule has 3 aromatic heterocycles. The second kappa shape index (κ2) is 7.69. The van der Waals surface area contributed by atoms with Crippen LogP contribution in [0.15, 0.2) is 54.7 Å². The first-order chi connectivity index (χ1) is 14.6. The predicted octanol–water partition coefficient (Wildman–Crippen LogP) is 4.35. The number of pyridine rings is 2. The summed E-state index contributed by atoms with van der Waals surface area (Å²) in [5, 5.41) is 13.1. The second-order valence-corrected chi connectivity index (χ2v) is 8.56. The Hall–Kier alpha value is -2.99. The molecule has 0 bridgehead atoms. The molecule has 0 unspecified atom stereocenters. The Bertz CT molecular complexity index is 1180. The lowest BCUT2D eigenvalue weighted by atomic mass is 9.71. The highest BCUT2D eigenvalue weighted by molar-refractivity contribution is 5.82. The number of rotatable bonds is 5. The molecule has 6 nitrogen and oxygen atoms in total. The van der Waals surface area contributed by atoms with Crippen LogP contribution >= 0.6 is 0 Å². The van der Waals surface area contributed by atoms with E-state index in [1.165, 1.54) is 0 Å². The Kier molecular flexibility index (Phi) is 4.87. The molecule has 0 radical (unpaired) electrons. The maximum atomic E-state index is 6.30. The highest BCUT2D eigenvalue weighted by Crippen LogP contribution is 2.37. The average molecular weight is 402 g/mol. The van der Waals surface area contributed by atoms with E-state index in [1.54, 1.807) is 0 Å². The quantitative estimate of drug-likeness (QED) is 0.539. The Labute approximate surface area is 176 Å². The number of benzene rings is 1. The molecule has 1 saturated heterocycles. The third-order valence-corrected chi connectivity index (χ3v) is 6.55. The van der Waals surface area contributed by atoms with E-state index in [2.05, 4.69) is 41.5 Å². The van der Waals surface area contributed by atoms with Crippen LogP contribution in [0.2, 0.25) is 0 Å². The molecule has 0 amide bonds. The molecule has 1 aromatic carbocycles. The first-order valence-corrected chi connectivity index (χ1v) is 10.7. The third kappa shape index (κ3) is 3.41. The molecule has 0 atom stereocenters. The van der Waals surface area contributed by atoms with Crippen molar-refractivity contribution in [3.63, 3.8) is 0 Å². The first-order valence-electron chi connectivity index (χ1n) is 10.7. The van der Waals surface area contributed by atoms with Crippen LogP contribution < -0.4 is 10.1 Å². The predicted molar refractivity (Wildman–Crippen MR) is 119 cm³/mol. The Morgan fingerprint density at radius 2 is 1.93 bits per heavy atom. The molecule has 1 aliphatic heterocycles. The maximum absolute atomic E-state index is 6.30. The zero-order valence-corrected chi connectivity index (χ0v) is 17.5. The van der Waals surface area contributed by atoms with Gasteiger partial charge in [0.25, 0.3) is 0 Å². The van der Waals surface area contributed by atoms with Gasteiger partial charge in [0.2, 0.25) is 0 Å². The largest absolute Gasteiger partial charge is 0.493 e. The summed E-state index contributed by atoms with van der Waals surface area (Å²) in [6.45, 7) is 7.53. The van der Waals surface area contributed by atoms with Gasteiger partial charge in [-0.15, -0.1) is 10.2 Å². The number of hydrogen-bond acceptors (Lipinski definition) is 5. The van der Waals surface area contributed by atoms with Crippen molar-refractivity contribution in [3.05, 3.63) is 54.7 Å². The van der Waals surface area contributed by atoms with Crippen LogP contribution in [0.3, 0.4) is 0 Å². The van der Waals surface area contributed by atoms with E-state index < -0.39 is 0 Å². The molecule has 4 heterocycles. The van der Waals surface area contributed by atoms with Crippen molar-refractivity contribution >= 4 is 16.6 Å². The van der Waals surface area contributed by atoms with Crippen LogP contribution in [0.25, 0.3) is 28.1 Å². The number of piperidine rings is 1. The molecule has 0 saturated carbocycles. The summed E-state index contributed by atoms with van der Waals surface area (Å²) in [6.07, 6.45) is 4.28. The molecule has 0 spiro atoms. The first kappa shape index (κ1) is 19.0. The van der Waals surface area contributed by atoms with Gasteiger partial charge in [-0.05, 0) is 68.2 Å². The lowest BCUT2D eigenvalue weighted by Gasteiger charge is -2.40. The lowest BCUT2D eigenvalue weighted by Crippen LogP contribution is -2.44. The fraction of sp³-hybridized carbons (Fsp3) is 0.375. The minimum atomic E-state index is 0.247. The highest BCUT2D eigenvalue weighted by atomic mass is 16.5. The van der Waals surface area contributed by atoms with Crippen LogP contribution in [0.5, 0.6) is 5.75 Å². The van der Waals surface area contributed by atoms with E-state index >= 15 is 0 Å². The molecule has 1 fully saturated rings. The van der Waals surface area contributed by atoms with Gasteiger partial charge in [0.1, 0.15) is 11.4 Å². The van der Waals surface area contributed by atoms with E-state index in [-0.39, 0.29) is 5.41 Å². The van der Waals surface area contributed by atoms with Crippen LogP contribution in [-0.2, 0) is 0 Å². The number of aromatic nitrogens is 4. The van der Waals surface area contributed by atoms with E-state index in [4.69, 9.17) is 9.72 Å². The van der Waals surface area contributed by atoms with Gasteiger partial charge in [0, 0.05) is 17.0 Å². The second-order valence-electron chi connectivity index (χ2n) is 8.56. The summed E-state index contributed by atoms with van der Waals surface area (Å²) in [5.74, 6) is 2.25. The smallest absolute Gasteiger partial charge is 0.187 e. The fourth-order valence-corrected chi connectivity index (χ4v) is 4.37. The summed E-state index contributed by atoms with van der Waals surface area (Å²) in [4.78, 5) is 4.81. The average Bonchev–Trinajstić information content (AvgIpc) is 3.22. The standard InChI is InChI=1S/C24H27N5O/c1-17(2)24(10-12-25-13-11-24)16-30-19-7-9-20-18(15-19)6-8-21(26-20)23-28-27-22-5-3-4-14-29(22)23/h3-9,14-15,17,25H,10-13,16H2,1-2H3. The number of ether oxygens (including phenoxy) is 1. The summed E-state index contributed by atoms with van der Waals surface area (Å²) in [5.41, 5.74) is 2.79. The summed E-state index contributed by atoms with van der Waals surface area (Å²) >= 11 is 0. The molecule has 1 N–H and O–H groups in total. The Morgan fingerprint density at radius 3 is 2.77 bits per heavy atom. The topological polar surface area (TPSA) is 64.3 Å². The summed E-state index contributed by atoms with van der Waals surface area (Å²) in [7, 11) is 0. The SMILES string of the molecule is CC(C)C1(COc2ccc3nc(-c4nnc5ccccn45)ccc3c2)CCNCC1. The lowest BCUT2D eigenvalue weighted by molar-refractivity contribution is 0.0570. The van der Waals surface area contributed by atoms with Gasteiger partial charge in [-0.1, -0.05) is 26.0 Å². The van der Waals surface area contributed by atoms with E-state index in [0.717, 1.165) is 66.4 Å². The minimum absolute atomic E-state index is 0.247. The molecule has 0 aliphatic carbocycles. The highest BCUT2D eigenvalue weighted by Gasteiger charge is 2.36. The minimum Gasteiger partial charge on any atom is -0.493 e. The summed E-state index contributed by atoms with van der Waals surface area (Å²) < 4.78 is 8.25. The monoisotopic (exact) mass is 401 g/mol. The van der Waals surface area contributed by atoms with Gasteiger partial charge in [-0.25, -0.2) is 4.98 Å². The summed E-state index contributed by atoms with van der Waals surface area (Å²) in [6, 6.07) is 16.1. The molecule has 5 rings (SSSR count). The van der Waals surface area contributed by atoms with Crippen LogP contribution in [-0.4, -0.2) is 39.3 Å². The third-order valence-electron chi connectivity index (χ3n) is 6.55. The zero-order chi connectivity index (χ0) is 20.6. The van der Waals surface area contributed by atoms with Crippen molar-refractivity contribution in [1.82, 2.24) is 24.9 Å². The van der Waals surface area contributed by atoms with Gasteiger partial charge < -0.3 is 10.1 Å². The molecular formula is C24H27N5O. The van der Waals surface area contributed by atoms with E-state index in [0.29, 0.717) is 5.92 Å². The molecule has 4 aromatic rings. The van der Waals surface area contributed by atoms with Gasteiger partial charge in [0.15, 0.2) is 11.5 Å². The normalized spacial score (nSPS) is 16.4. The van der Waals surface area contributed by atoms with Crippen molar-refractivity contribution in [2.45, 2.75) is 26.7 Å². The van der Waals surface area contributed by atoms with Crippen molar-refractivity contribution < 1.29 is 4.74 Å². The van der Waals surface area contributed by atoms with Crippen LogP contribution in [0.1, 0.15) is 26.7 Å². The van der Waals surface area contributed by atoms with Crippen molar-refractivity contribution in [3.8, 4) is 17.3 Å². The number of fused-ring (bicyclic) bond motifs is 2. The fourth-order valence-electron chi connectivity index (χ4n) is 4.37. The zero-order valence-electron chi connectivity index (χ0n) is 17.5. The van der Waals surface area contributed by atoms with Crippen LogP contribution in [0, 0.1) is 11.3 Å². The van der Waals surface area contributed by atoms with Crippen molar-refractivity contribution in [2.75, 3.05) is 19.7 Å². The van der Waals surface area contributed by atoms with Crippen molar-refractivity contribution in [2.24, 2.45) is 11.3 Å². The van der Waals surface area contributed by atoms with E-state index in [1.807, 2.05) is 47.0 Å². The number of hydrogen-bond donors (Lipinski definition) is 1. The molecule has 154 valence electrons. The van der Waals surface area contributed by atoms with Gasteiger partial charge >= 0.3 is 0 Å². The number of nitrogens with one attached hydrogen (secondary N) is 1. The van der Waals surface area contributed by atoms with Gasteiger partial charge in [-0.3, -0.25) is 4.40 Å². The van der Waals surface area contributed by atoms with Crippen LogP contribution in [0.4, 0.5) is 0 Å². The Morgan fingerprint density at radius 1 is 1.07 bits per heavy atom. The van der Waals surface area contributed by atoms with Gasteiger partial charge in [0.05, 0.1) is 12.1 Å². The molecule has 30 heavy (non-hydrogen) atoms. The molecular weight excluding hydrogens is 374 g/mol. The van der Waals surface area contributed by atoms with Crippen molar-refractivity contribution in [1.29, 1.82) is 0 Å². The van der Waals surface area contributed by atoms with E-state index in [9.17, 15) is 0 Å². The Balaban J connectivity index is 1.39. The van der Waals surface area contributed by atoms with Gasteiger partial charge in [-0.2, -0.15) is 0 Å².